The Hall–Kier alpha value is -3.22. The summed E-state index contributed by atoms with van der Waals surface area (Å²) in [6.45, 7) is 1.84. The van der Waals surface area contributed by atoms with E-state index in [4.69, 9.17) is 5.11 Å². The van der Waals surface area contributed by atoms with E-state index in [2.05, 4.69) is 4.98 Å². The molecule has 7 heteroatoms. The number of rotatable bonds is 3. The van der Waals surface area contributed by atoms with Gasteiger partial charge in [0.15, 0.2) is 0 Å². The van der Waals surface area contributed by atoms with E-state index in [1.807, 2.05) is 6.92 Å². The lowest BCUT2D eigenvalue weighted by Gasteiger charge is -2.10. The molecule has 23 heavy (non-hydrogen) atoms. The van der Waals surface area contributed by atoms with E-state index in [9.17, 15) is 19.8 Å². The number of nitrogens with one attached hydrogen (secondary N) is 1. The lowest BCUT2D eigenvalue weighted by molar-refractivity contribution is 0.0697. The number of hydrogen-bond donors (Lipinski definition) is 4. The zero-order chi connectivity index (χ0) is 16.7. The van der Waals surface area contributed by atoms with Crippen LogP contribution < -0.4 is 5.69 Å². The van der Waals surface area contributed by atoms with Crippen LogP contribution in [-0.2, 0) is 6.42 Å². The van der Waals surface area contributed by atoms with Crippen LogP contribution >= 0.6 is 0 Å². The molecule has 0 saturated carbocycles. The van der Waals surface area contributed by atoms with Gasteiger partial charge in [-0.3, -0.25) is 4.57 Å². The fraction of sp³-hybridized carbons (Fsp3) is 0.125. The minimum Gasteiger partial charge on any atom is -0.508 e. The number of H-pyrrole nitrogens is 1. The Morgan fingerprint density at radius 1 is 1.17 bits per heavy atom. The largest absolute Gasteiger partial charge is 0.508 e. The summed E-state index contributed by atoms with van der Waals surface area (Å²) in [4.78, 5) is 25.8. The third kappa shape index (κ3) is 2.32. The summed E-state index contributed by atoms with van der Waals surface area (Å²) in [5.74, 6) is -1.39. The third-order valence-electron chi connectivity index (χ3n) is 3.73. The van der Waals surface area contributed by atoms with Crippen molar-refractivity contribution in [3.05, 3.63) is 51.9 Å². The number of fused-ring (bicyclic) bond motifs is 1. The number of carboxylic acid groups (broad SMARTS) is 1. The predicted octanol–water partition coefficient (Wildman–Crippen LogP) is 1.99. The summed E-state index contributed by atoms with van der Waals surface area (Å²) in [6, 6.07) is 6.95. The molecule has 0 saturated heterocycles. The molecule has 4 N–H and O–H groups in total. The van der Waals surface area contributed by atoms with E-state index in [-0.39, 0.29) is 22.7 Å². The Morgan fingerprint density at radius 2 is 1.91 bits per heavy atom. The van der Waals surface area contributed by atoms with Crippen molar-refractivity contribution >= 4 is 17.0 Å². The van der Waals surface area contributed by atoms with Crippen LogP contribution in [0.1, 0.15) is 22.8 Å². The van der Waals surface area contributed by atoms with Crippen LogP contribution in [0.3, 0.4) is 0 Å². The summed E-state index contributed by atoms with van der Waals surface area (Å²) >= 11 is 0. The maximum Gasteiger partial charge on any atom is 0.335 e. The maximum absolute atomic E-state index is 12.2. The van der Waals surface area contributed by atoms with Crippen LogP contribution in [0.25, 0.3) is 16.7 Å². The van der Waals surface area contributed by atoms with Crippen LogP contribution in [0.5, 0.6) is 11.5 Å². The Bertz CT molecular complexity index is 984. The first-order valence-electron chi connectivity index (χ1n) is 6.95. The van der Waals surface area contributed by atoms with E-state index in [1.165, 1.54) is 34.9 Å². The van der Waals surface area contributed by atoms with Crippen LogP contribution in [-0.4, -0.2) is 30.8 Å². The Kier molecular flexibility index (Phi) is 3.33. The average molecular weight is 314 g/mol. The summed E-state index contributed by atoms with van der Waals surface area (Å²) in [5, 5.41) is 28.9. The molecule has 1 heterocycles. The highest BCUT2D eigenvalue weighted by Gasteiger charge is 2.16. The van der Waals surface area contributed by atoms with Crippen molar-refractivity contribution in [3.63, 3.8) is 0 Å². The Morgan fingerprint density at radius 3 is 2.57 bits per heavy atom. The average Bonchev–Trinajstić information content (AvgIpc) is 2.82. The van der Waals surface area contributed by atoms with Crippen molar-refractivity contribution in [3.8, 4) is 17.2 Å². The van der Waals surface area contributed by atoms with Gasteiger partial charge < -0.3 is 20.3 Å². The molecular weight excluding hydrogens is 300 g/mol. The minimum atomic E-state index is -1.10. The Labute approximate surface area is 130 Å². The number of carbonyl (C=O) groups is 1. The predicted molar refractivity (Wildman–Crippen MR) is 83.6 cm³/mol. The van der Waals surface area contributed by atoms with Crippen LogP contribution in [0.4, 0.5) is 0 Å². The smallest absolute Gasteiger partial charge is 0.335 e. The second kappa shape index (κ2) is 5.20. The molecule has 2 aromatic carbocycles. The van der Waals surface area contributed by atoms with Gasteiger partial charge >= 0.3 is 11.7 Å². The first kappa shape index (κ1) is 14.7. The second-order valence-corrected chi connectivity index (χ2v) is 5.13. The van der Waals surface area contributed by atoms with Crippen molar-refractivity contribution in [2.24, 2.45) is 0 Å². The molecule has 7 nitrogen and oxygen atoms in total. The number of imidazole rings is 1. The molecule has 3 aromatic rings. The minimum absolute atomic E-state index is 0.0465. The molecule has 0 aliphatic rings. The van der Waals surface area contributed by atoms with Crippen LogP contribution in [0.2, 0.25) is 0 Å². The zero-order valence-electron chi connectivity index (χ0n) is 12.2. The number of aryl methyl sites for hydroxylation is 1. The van der Waals surface area contributed by atoms with Gasteiger partial charge in [-0.25, -0.2) is 9.59 Å². The van der Waals surface area contributed by atoms with Crippen molar-refractivity contribution in [2.75, 3.05) is 0 Å². The quantitative estimate of drug-likeness (QED) is 0.590. The summed E-state index contributed by atoms with van der Waals surface area (Å²) < 4.78 is 1.24. The molecule has 3 rings (SSSR count). The van der Waals surface area contributed by atoms with E-state index >= 15 is 0 Å². The van der Waals surface area contributed by atoms with Gasteiger partial charge in [-0.2, -0.15) is 0 Å². The highest BCUT2D eigenvalue weighted by molar-refractivity contribution is 5.92. The van der Waals surface area contributed by atoms with E-state index in [1.54, 1.807) is 0 Å². The van der Waals surface area contributed by atoms with Gasteiger partial charge in [-0.05, 0) is 36.2 Å². The van der Waals surface area contributed by atoms with Crippen LogP contribution in [0, 0.1) is 0 Å². The molecule has 0 fully saturated rings. The van der Waals surface area contributed by atoms with E-state index < -0.39 is 11.7 Å². The summed E-state index contributed by atoms with van der Waals surface area (Å²) in [5.41, 5.74) is 1.13. The number of aromatic nitrogens is 2. The van der Waals surface area contributed by atoms with Gasteiger partial charge in [-0.1, -0.05) is 6.92 Å². The molecule has 0 bridgehead atoms. The number of aromatic amines is 1. The highest BCUT2D eigenvalue weighted by Crippen LogP contribution is 2.31. The lowest BCUT2D eigenvalue weighted by atomic mass is 10.1. The van der Waals surface area contributed by atoms with Crippen LogP contribution in [0.15, 0.2) is 35.1 Å². The van der Waals surface area contributed by atoms with E-state index in [0.29, 0.717) is 23.0 Å². The first-order chi connectivity index (χ1) is 10.9. The van der Waals surface area contributed by atoms with Gasteiger partial charge in [0, 0.05) is 6.07 Å². The number of benzene rings is 2. The number of aromatic carboxylic acids is 1. The molecule has 0 unspecified atom stereocenters. The SMILES string of the molecule is CCc1cc(-n2c(=O)[nH]c3cc(C(=O)O)ccc32)c(O)cc1O. The summed E-state index contributed by atoms with van der Waals surface area (Å²) in [7, 11) is 0. The number of phenolic OH excluding ortho intramolecular Hbond substituents is 2. The maximum atomic E-state index is 12.2. The van der Waals surface area contributed by atoms with E-state index in [0.717, 1.165) is 0 Å². The molecule has 0 aliphatic heterocycles. The van der Waals surface area contributed by atoms with Gasteiger partial charge in [0.05, 0.1) is 22.3 Å². The number of phenols is 2. The molecule has 0 amide bonds. The number of carboxylic acids is 1. The molecule has 0 aliphatic carbocycles. The highest BCUT2D eigenvalue weighted by atomic mass is 16.4. The van der Waals surface area contributed by atoms with Crippen molar-refractivity contribution in [2.45, 2.75) is 13.3 Å². The van der Waals surface area contributed by atoms with Crippen molar-refractivity contribution < 1.29 is 20.1 Å². The van der Waals surface area contributed by atoms with Crippen molar-refractivity contribution in [1.82, 2.24) is 9.55 Å². The first-order valence-corrected chi connectivity index (χ1v) is 6.95. The molecular formula is C16H14N2O5. The molecule has 118 valence electrons. The number of nitrogens with zero attached hydrogens (tertiary/aromatic N) is 1. The van der Waals surface area contributed by atoms with Crippen molar-refractivity contribution in [1.29, 1.82) is 0 Å². The Balaban J connectivity index is 2.31. The topological polar surface area (TPSA) is 116 Å². The third-order valence-corrected chi connectivity index (χ3v) is 3.73. The number of hydrogen-bond acceptors (Lipinski definition) is 4. The summed E-state index contributed by atoms with van der Waals surface area (Å²) in [6.07, 6.45) is 0.527. The molecule has 1 aromatic heterocycles. The van der Waals surface area contributed by atoms with Gasteiger partial charge in [-0.15, -0.1) is 0 Å². The number of aromatic hydroxyl groups is 2. The van der Waals surface area contributed by atoms with Gasteiger partial charge in [0.2, 0.25) is 0 Å². The standard InChI is InChI=1S/C16H14N2O5/c1-2-8-6-12(14(20)7-13(8)19)18-11-4-3-9(15(21)22)5-10(11)17-16(18)23/h3-7,19-20H,2H2,1H3,(H,17,23)(H,21,22). The second-order valence-electron chi connectivity index (χ2n) is 5.13. The molecule has 0 atom stereocenters. The van der Waals surface area contributed by atoms with Gasteiger partial charge in [0.1, 0.15) is 11.5 Å². The molecule has 0 radical (unpaired) electrons. The van der Waals surface area contributed by atoms with Gasteiger partial charge in [0.25, 0.3) is 0 Å². The fourth-order valence-corrected chi connectivity index (χ4v) is 2.56. The normalized spacial score (nSPS) is 11.0. The zero-order valence-corrected chi connectivity index (χ0v) is 12.2. The lowest BCUT2D eigenvalue weighted by Crippen LogP contribution is -2.15. The monoisotopic (exact) mass is 314 g/mol. The molecule has 0 spiro atoms. The fourth-order valence-electron chi connectivity index (χ4n) is 2.56.